The summed E-state index contributed by atoms with van der Waals surface area (Å²) in [6, 6.07) is 15.7. The highest BCUT2D eigenvalue weighted by molar-refractivity contribution is 9.10. The van der Waals surface area contributed by atoms with Crippen LogP contribution in [0.15, 0.2) is 53.0 Å². The molecule has 1 N–H and O–H groups in total. The van der Waals surface area contributed by atoms with Gasteiger partial charge in [0.15, 0.2) is 0 Å². The maximum Gasteiger partial charge on any atom is 0.142 e. The van der Waals surface area contributed by atoms with Gasteiger partial charge in [0.05, 0.1) is 12.8 Å². The van der Waals surface area contributed by atoms with Crippen LogP contribution in [0.25, 0.3) is 0 Å². The number of hydrogen-bond acceptors (Lipinski definition) is 5. The summed E-state index contributed by atoms with van der Waals surface area (Å²) in [5.74, 6) is 1.68. The summed E-state index contributed by atoms with van der Waals surface area (Å²) in [7, 11) is 1.71. The van der Waals surface area contributed by atoms with Gasteiger partial charge >= 0.3 is 0 Å². The summed E-state index contributed by atoms with van der Waals surface area (Å²) in [6.07, 6.45) is -0.503. The largest absolute Gasteiger partial charge is 0.495 e. The Labute approximate surface area is 163 Å². The molecule has 0 radical (unpaired) electrons. The van der Waals surface area contributed by atoms with Gasteiger partial charge in [0.1, 0.15) is 24.2 Å². The average Bonchev–Trinajstić information content (AvgIpc) is 2.68. The normalized spacial score (nSPS) is 16.3. The number of benzene rings is 2. The lowest BCUT2D eigenvalue weighted by Gasteiger charge is -2.37. The topological polar surface area (TPSA) is 45.2 Å². The first-order valence-electron chi connectivity index (χ1n) is 8.82. The van der Waals surface area contributed by atoms with E-state index >= 15 is 0 Å². The van der Waals surface area contributed by atoms with Crippen molar-refractivity contribution in [3.05, 3.63) is 53.0 Å². The summed E-state index contributed by atoms with van der Waals surface area (Å²) in [6.45, 7) is 4.58. The molecule has 0 bridgehead atoms. The molecule has 6 heteroatoms. The van der Waals surface area contributed by atoms with Gasteiger partial charge in [-0.1, -0.05) is 28.1 Å². The molecule has 1 saturated heterocycles. The fraction of sp³-hybridized carbons (Fsp3) is 0.400. The third-order valence-corrected chi connectivity index (χ3v) is 5.05. The molecule has 1 aliphatic rings. The number of nitrogens with zero attached hydrogens (tertiary/aromatic N) is 2. The van der Waals surface area contributed by atoms with E-state index in [1.807, 2.05) is 42.5 Å². The molecule has 1 heterocycles. The maximum absolute atomic E-state index is 10.3. The van der Waals surface area contributed by atoms with Crippen LogP contribution >= 0.6 is 15.9 Å². The van der Waals surface area contributed by atoms with E-state index in [0.29, 0.717) is 13.2 Å². The highest BCUT2D eigenvalue weighted by Gasteiger charge is 2.21. The number of aliphatic hydroxyl groups excluding tert-OH is 1. The molecule has 2 aromatic carbocycles. The van der Waals surface area contributed by atoms with Gasteiger partial charge in [-0.15, -0.1) is 0 Å². The minimum Gasteiger partial charge on any atom is -0.495 e. The van der Waals surface area contributed by atoms with Crippen LogP contribution in [0.3, 0.4) is 0 Å². The quantitative estimate of drug-likeness (QED) is 0.745. The second-order valence-electron chi connectivity index (χ2n) is 6.38. The van der Waals surface area contributed by atoms with Gasteiger partial charge in [-0.05, 0) is 36.4 Å². The number of rotatable bonds is 7. The smallest absolute Gasteiger partial charge is 0.142 e. The summed E-state index contributed by atoms with van der Waals surface area (Å²) >= 11 is 3.40. The van der Waals surface area contributed by atoms with Crippen LogP contribution in [0.5, 0.6) is 11.5 Å². The number of ether oxygens (including phenoxy) is 2. The van der Waals surface area contributed by atoms with Crippen LogP contribution in [0, 0.1) is 0 Å². The number of piperazine rings is 1. The molecule has 1 fully saturated rings. The Kier molecular flexibility index (Phi) is 6.77. The van der Waals surface area contributed by atoms with Crippen molar-refractivity contribution in [3.8, 4) is 11.5 Å². The molecule has 0 saturated carbocycles. The van der Waals surface area contributed by atoms with E-state index < -0.39 is 6.10 Å². The molecule has 26 heavy (non-hydrogen) atoms. The summed E-state index contributed by atoms with van der Waals surface area (Å²) < 4.78 is 12.1. The highest BCUT2D eigenvalue weighted by Crippen LogP contribution is 2.28. The van der Waals surface area contributed by atoms with Crippen molar-refractivity contribution < 1.29 is 14.6 Å². The standard InChI is InChI=1S/C20H25BrN2O3/c1-25-20-5-3-2-4-19(20)23-12-10-22(11-13-23)14-17(24)15-26-18-8-6-16(21)7-9-18/h2-9,17,24H,10-15H2,1H3. The molecule has 1 atom stereocenters. The minimum atomic E-state index is -0.503. The Bertz CT molecular complexity index is 688. The predicted octanol–water partition coefficient (Wildman–Crippen LogP) is 3.02. The molecule has 1 unspecified atom stereocenters. The van der Waals surface area contributed by atoms with Crippen molar-refractivity contribution >= 4 is 21.6 Å². The molecule has 140 valence electrons. The maximum atomic E-state index is 10.3. The van der Waals surface area contributed by atoms with Gasteiger partial charge in [0.25, 0.3) is 0 Å². The molecule has 0 amide bonds. The Morgan fingerprint density at radius 2 is 1.73 bits per heavy atom. The third-order valence-electron chi connectivity index (χ3n) is 4.52. The highest BCUT2D eigenvalue weighted by atomic mass is 79.9. The van der Waals surface area contributed by atoms with Crippen LogP contribution < -0.4 is 14.4 Å². The molecule has 0 aliphatic carbocycles. The monoisotopic (exact) mass is 420 g/mol. The van der Waals surface area contributed by atoms with Gasteiger partial charge in [0, 0.05) is 37.2 Å². The van der Waals surface area contributed by atoms with E-state index in [1.54, 1.807) is 7.11 Å². The van der Waals surface area contributed by atoms with E-state index in [9.17, 15) is 5.11 Å². The van der Waals surface area contributed by atoms with Crippen LogP contribution in [-0.2, 0) is 0 Å². The lowest BCUT2D eigenvalue weighted by Crippen LogP contribution is -2.49. The van der Waals surface area contributed by atoms with E-state index in [2.05, 4.69) is 31.8 Å². The number of methoxy groups -OCH3 is 1. The van der Waals surface area contributed by atoms with Gasteiger partial charge < -0.3 is 19.5 Å². The zero-order chi connectivity index (χ0) is 18.4. The molecule has 5 nitrogen and oxygen atoms in total. The predicted molar refractivity (Wildman–Crippen MR) is 107 cm³/mol. The second-order valence-corrected chi connectivity index (χ2v) is 7.29. The first-order valence-corrected chi connectivity index (χ1v) is 9.62. The van der Waals surface area contributed by atoms with Gasteiger partial charge in [-0.2, -0.15) is 0 Å². The second kappa shape index (κ2) is 9.26. The lowest BCUT2D eigenvalue weighted by atomic mass is 10.2. The van der Waals surface area contributed by atoms with Crippen molar-refractivity contribution in [3.63, 3.8) is 0 Å². The zero-order valence-electron chi connectivity index (χ0n) is 15.0. The van der Waals surface area contributed by atoms with Crippen molar-refractivity contribution in [2.75, 3.05) is 51.3 Å². The van der Waals surface area contributed by atoms with E-state index in [0.717, 1.165) is 47.8 Å². The summed E-state index contributed by atoms with van der Waals surface area (Å²) in [4.78, 5) is 4.61. The molecule has 0 aromatic heterocycles. The SMILES string of the molecule is COc1ccccc1N1CCN(CC(O)COc2ccc(Br)cc2)CC1. The van der Waals surface area contributed by atoms with Gasteiger partial charge in [-0.3, -0.25) is 4.90 Å². The molecule has 0 spiro atoms. The number of aliphatic hydroxyl groups is 1. The van der Waals surface area contributed by atoms with Crippen LogP contribution in [0.1, 0.15) is 0 Å². The third kappa shape index (κ3) is 5.13. The van der Waals surface area contributed by atoms with E-state index in [4.69, 9.17) is 9.47 Å². The van der Waals surface area contributed by atoms with Gasteiger partial charge in [-0.25, -0.2) is 0 Å². The Morgan fingerprint density at radius 1 is 1.04 bits per heavy atom. The minimum absolute atomic E-state index is 0.300. The molecule has 1 aliphatic heterocycles. The lowest BCUT2D eigenvalue weighted by molar-refractivity contribution is 0.0663. The fourth-order valence-corrected chi connectivity index (χ4v) is 3.40. The average molecular weight is 421 g/mol. The van der Waals surface area contributed by atoms with E-state index in [-0.39, 0.29) is 0 Å². The molecular formula is C20H25BrN2O3. The number of anilines is 1. The number of halogens is 1. The van der Waals surface area contributed by atoms with Gasteiger partial charge in [0.2, 0.25) is 0 Å². The molecular weight excluding hydrogens is 396 g/mol. The van der Waals surface area contributed by atoms with Crippen LogP contribution in [0.4, 0.5) is 5.69 Å². The van der Waals surface area contributed by atoms with E-state index in [1.165, 1.54) is 0 Å². The first kappa shape index (κ1) is 19.0. The van der Waals surface area contributed by atoms with Crippen molar-refractivity contribution in [2.45, 2.75) is 6.10 Å². The number of hydrogen-bond donors (Lipinski definition) is 1. The van der Waals surface area contributed by atoms with Crippen molar-refractivity contribution in [1.82, 2.24) is 4.90 Å². The summed E-state index contributed by atoms with van der Waals surface area (Å²) in [5.41, 5.74) is 1.13. The molecule has 2 aromatic rings. The molecule has 3 rings (SSSR count). The number of β-amino-alcohol motifs (C(OH)–C–C–N with tert-alkyl or cyclic N) is 1. The number of para-hydroxylation sites is 2. The Hall–Kier alpha value is -1.76. The Morgan fingerprint density at radius 3 is 2.42 bits per heavy atom. The summed E-state index contributed by atoms with van der Waals surface area (Å²) in [5, 5.41) is 10.3. The first-order chi connectivity index (χ1) is 12.7. The zero-order valence-corrected chi connectivity index (χ0v) is 16.6. The van der Waals surface area contributed by atoms with Crippen LogP contribution in [0.2, 0.25) is 0 Å². The Balaban J connectivity index is 1.44. The fourth-order valence-electron chi connectivity index (χ4n) is 3.14. The van der Waals surface area contributed by atoms with Crippen LogP contribution in [-0.4, -0.2) is 62.6 Å². The van der Waals surface area contributed by atoms with Crippen molar-refractivity contribution in [1.29, 1.82) is 0 Å². The van der Waals surface area contributed by atoms with Crippen molar-refractivity contribution in [2.24, 2.45) is 0 Å².